The molecule has 0 radical (unpaired) electrons. The third kappa shape index (κ3) is 6.05. The highest BCUT2D eigenvalue weighted by atomic mass is 19.1. The number of rotatable bonds is 8. The van der Waals surface area contributed by atoms with Crippen LogP contribution in [-0.4, -0.2) is 39.4 Å². The fourth-order valence-electron chi connectivity index (χ4n) is 4.46. The Morgan fingerprint density at radius 2 is 1.49 bits per heavy atom. The van der Waals surface area contributed by atoms with Crippen LogP contribution in [-0.2, 0) is 0 Å². The van der Waals surface area contributed by atoms with Crippen LogP contribution in [0.4, 0.5) is 10.1 Å². The summed E-state index contributed by atoms with van der Waals surface area (Å²) in [5.74, 6) is 0.903. The lowest BCUT2D eigenvalue weighted by atomic mass is 10.1. The van der Waals surface area contributed by atoms with E-state index in [2.05, 4.69) is 38.0 Å². The zero-order valence-electron chi connectivity index (χ0n) is 22.0. The Morgan fingerprint density at radius 3 is 2.08 bits per heavy atom. The molecule has 0 atom stereocenters. The molecule has 1 N–H and O–H groups in total. The van der Waals surface area contributed by atoms with Gasteiger partial charge in [-0.15, -0.1) is 0 Å². The third-order valence-electron chi connectivity index (χ3n) is 6.02. The van der Waals surface area contributed by atoms with Crippen LogP contribution in [0, 0.1) is 24.6 Å². The Hall–Kier alpha value is -4.00. The largest absolute Gasteiger partial charge is 0.338 e. The minimum Gasteiger partial charge on any atom is -0.338 e. The molecule has 4 aromatic rings. The number of hydrogen-bond acceptors (Lipinski definition) is 3. The van der Waals surface area contributed by atoms with Gasteiger partial charge in [-0.05, 0) is 85.5 Å². The van der Waals surface area contributed by atoms with E-state index >= 15 is 0 Å². The van der Waals surface area contributed by atoms with Crippen LogP contribution < -0.4 is 5.32 Å². The molecule has 3 aromatic carbocycles. The summed E-state index contributed by atoms with van der Waals surface area (Å²) >= 11 is 0. The Kier molecular flexibility index (Phi) is 7.71. The minimum atomic E-state index is -0.314. The second kappa shape index (κ2) is 10.9. The number of carbonyl (C=O) groups is 2. The first-order chi connectivity index (χ1) is 17.6. The van der Waals surface area contributed by atoms with Crippen LogP contribution in [0.2, 0.25) is 0 Å². The van der Waals surface area contributed by atoms with Crippen LogP contribution in [0.1, 0.15) is 54.2 Å². The molecule has 0 aliphatic rings. The molecule has 0 saturated carbocycles. The summed E-state index contributed by atoms with van der Waals surface area (Å²) in [5, 5.41) is 2.91. The summed E-state index contributed by atoms with van der Waals surface area (Å²) in [6, 6.07) is 18.5. The van der Waals surface area contributed by atoms with Crippen molar-refractivity contribution in [3.8, 4) is 5.69 Å². The molecule has 2 amide bonds. The second-order valence-corrected chi connectivity index (χ2v) is 10.2. The molecule has 0 unspecified atom stereocenters. The highest BCUT2D eigenvalue weighted by Gasteiger charge is 2.18. The van der Waals surface area contributed by atoms with Gasteiger partial charge in [0.25, 0.3) is 11.8 Å². The van der Waals surface area contributed by atoms with Gasteiger partial charge in [0.1, 0.15) is 11.6 Å². The molecular formula is C30H33FN4O2. The maximum Gasteiger partial charge on any atom is 0.255 e. The molecule has 0 spiro atoms. The number of halogens is 1. The second-order valence-electron chi connectivity index (χ2n) is 10.2. The maximum absolute atomic E-state index is 13.4. The highest BCUT2D eigenvalue weighted by Crippen LogP contribution is 2.23. The lowest BCUT2D eigenvalue weighted by Gasteiger charge is -2.26. The molecule has 0 fully saturated rings. The predicted octanol–water partition coefficient (Wildman–Crippen LogP) is 6.48. The normalized spacial score (nSPS) is 11.4. The summed E-state index contributed by atoms with van der Waals surface area (Å²) in [7, 11) is 0. The number of nitrogens with zero attached hydrogens (tertiary/aromatic N) is 3. The first-order valence-corrected chi connectivity index (χ1v) is 12.6. The number of carbonyl (C=O) groups excluding carboxylic acids is 2. The van der Waals surface area contributed by atoms with Gasteiger partial charge in [0.15, 0.2) is 0 Å². The lowest BCUT2D eigenvalue weighted by molar-refractivity contribution is 0.0715. The van der Waals surface area contributed by atoms with Crippen LogP contribution in [0.5, 0.6) is 0 Å². The Bertz CT molecular complexity index is 1400. The molecule has 0 bridgehead atoms. The summed E-state index contributed by atoms with van der Waals surface area (Å²) in [5.41, 5.74) is 3.93. The average Bonchev–Trinajstić information content (AvgIpc) is 3.18. The van der Waals surface area contributed by atoms with Crippen molar-refractivity contribution in [3.63, 3.8) is 0 Å². The third-order valence-corrected chi connectivity index (χ3v) is 6.02. The van der Waals surface area contributed by atoms with Gasteiger partial charge in [0, 0.05) is 35.6 Å². The van der Waals surface area contributed by atoms with Crippen molar-refractivity contribution in [1.82, 2.24) is 14.5 Å². The van der Waals surface area contributed by atoms with Gasteiger partial charge in [0.2, 0.25) is 0 Å². The fraction of sp³-hybridized carbons (Fsp3) is 0.300. The number of nitrogens with one attached hydrogen (secondary N) is 1. The van der Waals surface area contributed by atoms with E-state index in [1.165, 1.54) is 12.1 Å². The maximum atomic E-state index is 13.4. The van der Waals surface area contributed by atoms with Gasteiger partial charge in [-0.2, -0.15) is 0 Å². The molecule has 0 aliphatic carbocycles. The smallest absolute Gasteiger partial charge is 0.255 e. The number of amides is 2. The Labute approximate surface area is 217 Å². The molecule has 0 aliphatic heterocycles. The van der Waals surface area contributed by atoms with E-state index in [1.54, 1.807) is 54.6 Å². The van der Waals surface area contributed by atoms with Crippen LogP contribution in [0.3, 0.4) is 0 Å². The summed E-state index contributed by atoms with van der Waals surface area (Å²) in [6.07, 6.45) is 0. The van der Waals surface area contributed by atoms with Crippen molar-refractivity contribution < 1.29 is 14.0 Å². The van der Waals surface area contributed by atoms with E-state index in [0.717, 1.165) is 22.5 Å². The van der Waals surface area contributed by atoms with Crippen LogP contribution >= 0.6 is 0 Å². The summed E-state index contributed by atoms with van der Waals surface area (Å²) in [6.45, 7) is 11.7. The number of imidazole rings is 1. The van der Waals surface area contributed by atoms with Crippen molar-refractivity contribution in [2.75, 3.05) is 18.4 Å². The van der Waals surface area contributed by atoms with Gasteiger partial charge >= 0.3 is 0 Å². The first kappa shape index (κ1) is 26.1. The molecule has 4 rings (SSSR count). The monoisotopic (exact) mass is 500 g/mol. The van der Waals surface area contributed by atoms with Gasteiger partial charge in [0.05, 0.1) is 11.0 Å². The van der Waals surface area contributed by atoms with Gasteiger partial charge in [-0.1, -0.05) is 27.7 Å². The molecule has 1 heterocycles. The highest BCUT2D eigenvalue weighted by molar-refractivity contribution is 6.06. The van der Waals surface area contributed by atoms with Crippen molar-refractivity contribution in [1.29, 1.82) is 0 Å². The van der Waals surface area contributed by atoms with Gasteiger partial charge in [-0.3, -0.25) is 14.2 Å². The number of hydrogen-bond donors (Lipinski definition) is 1. The van der Waals surface area contributed by atoms with E-state index in [0.29, 0.717) is 41.7 Å². The van der Waals surface area contributed by atoms with E-state index in [-0.39, 0.29) is 17.6 Å². The summed E-state index contributed by atoms with van der Waals surface area (Å²) < 4.78 is 15.3. The number of benzene rings is 3. The molecule has 6 nitrogen and oxygen atoms in total. The van der Waals surface area contributed by atoms with Crippen LogP contribution in [0.15, 0.2) is 66.7 Å². The standard InChI is InChI=1S/C30H33FN4O2/c1-19(2)17-34(18-20(3)4)30(37)22-6-11-25(12-7-22)33-29(36)23-8-15-27-28(16-23)35(21(5)32-27)26-13-9-24(31)10-14-26/h6-16,19-20H,17-18H2,1-5H3,(H,33,36). The van der Waals surface area contributed by atoms with Crippen molar-refractivity contribution >= 4 is 28.5 Å². The first-order valence-electron chi connectivity index (χ1n) is 12.6. The molecule has 0 saturated heterocycles. The predicted molar refractivity (Wildman–Crippen MR) is 146 cm³/mol. The number of aromatic nitrogens is 2. The van der Waals surface area contributed by atoms with Crippen molar-refractivity contribution in [2.24, 2.45) is 11.8 Å². The molecular weight excluding hydrogens is 467 g/mol. The van der Waals surface area contributed by atoms with Crippen LogP contribution in [0.25, 0.3) is 16.7 Å². The minimum absolute atomic E-state index is 0.00449. The molecule has 7 heteroatoms. The molecule has 37 heavy (non-hydrogen) atoms. The van der Waals surface area contributed by atoms with Crippen molar-refractivity contribution in [2.45, 2.75) is 34.6 Å². The number of fused-ring (bicyclic) bond motifs is 1. The SMILES string of the molecule is Cc1nc2ccc(C(=O)Nc3ccc(C(=O)N(CC(C)C)CC(C)C)cc3)cc2n1-c1ccc(F)cc1. The van der Waals surface area contributed by atoms with Crippen molar-refractivity contribution in [3.05, 3.63) is 89.5 Å². The number of anilines is 1. The lowest BCUT2D eigenvalue weighted by Crippen LogP contribution is -2.37. The van der Waals surface area contributed by atoms with E-state index < -0.39 is 0 Å². The average molecular weight is 501 g/mol. The van der Waals surface area contributed by atoms with E-state index in [1.807, 2.05) is 16.4 Å². The number of aryl methyl sites for hydroxylation is 1. The quantitative estimate of drug-likeness (QED) is 0.301. The molecule has 1 aromatic heterocycles. The van der Waals surface area contributed by atoms with E-state index in [4.69, 9.17) is 0 Å². The summed E-state index contributed by atoms with van der Waals surface area (Å²) in [4.78, 5) is 32.6. The van der Waals surface area contributed by atoms with Gasteiger partial charge in [-0.25, -0.2) is 9.37 Å². The Morgan fingerprint density at radius 1 is 0.892 bits per heavy atom. The topological polar surface area (TPSA) is 67.2 Å². The zero-order valence-corrected chi connectivity index (χ0v) is 22.0. The van der Waals surface area contributed by atoms with Gasteiger partial charge < -0.3 is 10.2 Å². The fourth-order valence-corrected chi connectivity index (χ4v) is 4.46. The Balaban J connectivity index is 1.53. The zero-order chi connectivity index (χ0) is 26.7. The molecule has 192 valence electrons. The van der Waals surface area contributed by atoms with E-state index in [9.17, 15) is 14.0 Å².